The number of nitrogens with zero attached hydrogens (tertiary/aromatic N) is 2. The summed E-state index contributed by atoms with van der Waals surface area (Å²) in [4.78, 5) is 19.1. The summed E-state index contributed by atoms with van der Waals surface area (Å²) in [5.74, 6) is -0.0959. The first-order valence-electron chi connectivity index (χ1n) is 8.67. The average molecular weight is 367 g/mol. The summed E-state index contributed by atoms with van der Waals surface area (Å²) in [5.41, 5.74) is 0.301. The number of piperidine rings is 1. The fraction of sp³-hybridized carbons (Fsp3) is 0.238. The third-order valence-corrected chi connectivity index (χ3v) is 5.29. The van der Waals surface area contributed by atoms with Crippen LogP contribution in [0.25, 0.3) is 10.8 Å². The molecule has 1 unspecified atom stereocenters. The first kappa shape index (κ1) is 17.0. The number of pyridine rings is 1. The van der Waals surface area contributed by atoms with Crippen LogP contribution < -0.4 is 0 Å². The molecule has 0 bridgehead atoms. The lowest BCUT2D eigenvalue weighted by atomic mass is 9.85. The molecule has 4 rings (SSSR count). The summed E-state index contributed by atoms with van der Waals surface area (Å²) in [6.45, 7) is 0.884. The van der Waals surface area contributed by atoms with Crippen molar-refractivity contribution in [3.63, 3.8) is 0 Å². The molecule has 1 amide bonds. The van der Waals surface area contributed by atoms with E-state index in [1.807, 2.05) is 36.4 Å². The lowest BCUT2D eigenvalue weighted by molar-refractivity contribution is -0.0288. The molecule has 2 heterocycles. The first-order chi connectivity index (χ1) is 12.6. The molecule has 26 heavy (non-hydrogen) atoms. The molecular formula is C21H19ClN2O2. The van der Waals surface area contributed by atoms with E-state index in [9.17, 15) is 9.90 Å². The largest absolute Gasteiger partial charge is 0.383 e. The number of rotatable bonds is 2. The van der Waals surface area contributed by atoms with E-state index in [1.165, 1.54) is 0 Å². The lowest BCUT2D eigenvalue weighted by Gasteiger charge is -2.39. The maximum Gasteiger partial charge on any atom is 0.256 e. The van der Waals surface area contributed by atoms with Crippen LogP contribution in [-0.2, 0) is 5.60 Å². The number of hydrogen-bond donors (Lipinski definition) is 1. The van der Waals surface area contributed by atoms with Crippen molar-refractivity contribution in [2.45, 2.75) is 18.4 Å². The van der Waals surface area contributed by atoms with Crippen LogP contribution in [-0.4, -0.2) is 34.0 Å². The Bertz CT molecular complexity index is 952. The third kappa shape index (κ3) is 3.06. The van der Waals surface area contributed by atoms with E-state index in [-0.39, 0.29) is 12.5 Å². The average Bonchev–Trinajstić information content (AvgIpc) is 2.67. The minimum absolute atomic E-state index is 0.0959. The van der Waals surface area contributed by atoms with Crippen LogP contribution in [0.1, 0.15) is 28.8 Å². The number of β-amino-alcohol motifs (C(OH)–C–C–N with tert-alkyl or cyclic N) is 1. The monoisotopic (exact) mass is 366 g/mol. The number of halogens is 1. The molecule has 0 saturated carbocycles. The summed E-state index contributed by atoms with van der Waals surface area (Å²) in [6, 6.07) is 14.9. The summed E-state index contributed by atoms with van der Waals surface area (Å²) < 4.78 is 0. The molecule has 1 aliphatic rings. The standard InChI is InChI=1S/C21H19ClN2O2/c22-17-8-6-16(7-9-17)21(26)10-3-11-24(14-21)20(25)19-13-23-12-15-4-1-2-5-18(15)19/h1-2,4-9,12-13,26H,3,10-11,14H2. The number of fused-ring (bicyclic) bond motifs is 1. The Labute approximate surface area is 157 Å². The fourth-order valence-electron chi connectivity index (χ4n) is 3.66. The summed E-state index contributed by atoms with van der Waals surface area (Å²) in [6.07, 6.45) is 4.72. The number of hydrogen-bond acceptors (Lipinski definition) is 3. The Morgan fingerprint density at radius 3 is 2.69 bits per heavy atom. The zero-order valence-electron chi connectivity index (χ0n) is 14.2. The predicted molar refractivity (Wildman–Crippen MR) is 102 cm³/mol. The first-order valence-corrected chi connectivity index (χ1v) is 9.05. The molecule has 1 atom stereocenters. The molecule has 3 aromatic rings. The Morgan fingerprint density at radius 1 is 1.12 bits per heavy atom. The van der Waals surface area contributed by atoms with Crippen molar-refractivity contribution < 1.29 is 9.90 Å². The maximum absolute atomic E-state index is 13.1. The summed E-state index contributed by atoms with van der Waals surface area (Å²) in [5, 5.41) is 13.6. The van der Waals surface area contributed by atoms with E-state index < -0.39 is 5.60 Å². The Morgan fingerprint density at radius 2 is 1.88 bits per heavy atom. The number of carbonyl (C=O) groups is 1. The predicted octanol–water partition coefficient (Wildman–Crippen LogP) is 4.01. The second-order valence-electron chi connectivity index (χ2n) is 6.78. The van der Waals surface area contributed by atoms with Gasteiger partial charge in [-0.2, -0.15) is 0 Å². The third-order valence-electron chi connectivity index (χ3n) is 5.04. The highest BCUT2D eigenvalue weighted by atomic mass is 35.5. The zero-order valence-corrected chi connectivity index (χ0v) is 15.0. The van der Waals surface area contributed by atoms with Gasteiger partial charge in [-0.1, -0.05) is 48.0 Å². The molecule has 5 heteroatoms. The molecule has 1 aliphatic heterocycles. The van der Waals surface area contributed by atoms with E-state index in [1.54, 1.807) is 29.4 Å². The van der Waals surface area contributed by atoms with Crippen LogP contribution in [0.15, 0.2) is 60.9 Å². The van der Waals surface area contributed by atoms with Crippen molar-refractivity contribution in [2.24, 2.45) is 0 Å². The van der Waals surface area contributed by atoms with Crippen molar-refractivity contribution in [2.75, 3.05) is 13.1 Å². The van der Waals surface area contributed by atoms with Gasteiger partial charge >= 0.3 is 0 Å². The lowest BCUT2D eigenvalue weighted by Crippen LogP contribution is -2.48. The number of amides is 1. The van der Waals surface area contributed by atoms with E-state index >= 15 is 0 Å². The number of likely N-dealkylation sites (tertiary alicyclic amines) is 1. The van der Waals surface area contributed by atoms with Gasteiger partial charge in [0.25, 0.3) is 5.91 Å². The molecule has 4 nitrogen and oxygen atoms in total. The molecule has 0 radical (unpaired) electrons. The van der Waals surface area contributed by atoms with Crippen LogP contribution in [0.4, 0.5) is 0 Å². The van der Waals surface area contributed by atoms with Gasteiger partial charge in [-0.05, 0) is 35.9 Å². The van der Waals surface area contributed by atoms with Gasteiger partial charge in [-0.3, -0.25) is 9.78 Å². The van der Waals surface area contributed by atoms with Gasteiger partial charge < -0.3 is 10.0 Å². The maximum atomic E-state index is 13.1. The highest BCUT2D eigenvalue weighted by Crippen LogP contribution is 2.33. The molecule has 2 aromatic carbocycles. The second kappa shape index (κ2) is 6.71. The van der Waals surface area contributed by atoms with Gasteiger partial charge in [-0.25, -0.2) is 0 Å². The van der Waals surface area contributed by atoms with Crippen LogP contribution in [0.3, 0.4) is 0 Å². The molecule has 1 N–H and O–H groups in total. The van der Waals surface area contributed by atoms with Gasteiger partial charge in [0.05, 0.1) is 12.1 Å². The molecule has 1 saturated heterocycles. The topological polar surface area (TPSA) is 53.4 Å². The molecule has 0 spiro atoms. The van der Waals surface area contributed by atoms with E-state index in [0.717, 1.165) is 22.8 Å². The Hall–Kier alpha value is -2.43. The van der Waals surface area contributed by atoms with Gasteiger partial charge in [0.2, 0.25) is 0 Å². The van der Waals surface area contributed by atoms with Gasteiger partial charge in [0.1, 0.15) is 5.60 Å². The van der Waals surface area contributed by atoms with Crippen molar-refractivity contribution >= 4 is 28.3 Å². The van der Waals surface area contributed by atoms with E-state index in [0.29, 0.717) is 23.6 Å². The quantitative estimate of drug-likeness (QED) is 0.745. The van der Waals surface area contributed by atoms with Crippen LogP contribution in [0.5, 0.6) is 0 Å². The van der Waals surface area contributed by atoms with Crippen molar-refractivity contribution in [3.05, 3.63) is 77.1 Å². The Kier molecular flexibility index (Phi) is 4.39. The zero-order chi connectivity index (χ0) is 18.1. The van der Waals surface area contributed by atoms with Crippen molar-refractivity contribution in [3.8, 4) is 0 Å². The number of aliphatic hydroxyl groups is 1. The minimum atomic E-state index is -1.06. The molecule has 132 valence electrons. The van der Waals surface area contributed by atoms with E-state index in [4.69, 9.17) is 11.6 Å². The molecule has 1 fully saturated rings. The SMILES string of the molecule is O=C(c1cncc2ccccc12)N1CCCC(O)(c2ccc(Cl)cc2)C1. The second-order valence-corrected chi connectivity index (χ2v) is 7.21. The van der Waals surface area contributed by atoms with Crippen LogP contribution in [0, 0.1) is 0 Å². The van der Waals surface area contributed by atoms with Crippen LogP contribution in [0.2, 0.25) is 5.02 Å². The van der Waals surface area contributed by atoms with E-state index in [2.05, 4.69) is 4.98 Å². The smallest absolute Gasteiger partial charge is 0.256 e. The molecule has 1 aromatic heterocycles. The minimum Gasteiger partial charge on any atom is -0.383 e. The van der Waals surface area contributed by atoms with Crippen molar-refractivity contribution in [1.29, 1.82) is 0 Å². The molecular weight excluding hydrogens is 348 g/mol. The molecule has 0 aliphatic carbocycles. The number of benzene rings is 2. The van der Waals surface area contributed by atoms with Crippen molar-refractivity contribution in [1.82, 2.24) is 9.88 Å². The summed E-state index contributed by atoms with van der Waals surface area (Å²) in [7, 11) is 0. The highest BCUT2D eigenvalue weighted by Gasteiger charge is 2.37. The number of aromatic nitrogens is 1. The number of carbonyl (C=O) groups excluding carboxylic acids is 1. The summed E-state index contributed by atoms with van der Waals surface area (Å²) >= 11 is 5.96. The van der Waals surface area contributed by atoms with Gasteiger partial charge in [-0.15, -0.1) is 0 Å². The normalized spacial score (nSPS) is 20.3. The highest BCUT2D eigenvalue weighted by molar-refractivity contribution is 6.30. The Balaban J connectivity index is 1.65. The van der Waals surface area contributed by atoms with Gasteiger partial charge in [0, 0.05) is 29.3 Å². The fourth-order valence-corrected chi connectivity index (χ4v) is 3.79. The van der Waals surface area contributed by atoms with Crippen LogP contribution >= 0.6 is 11.6 Å². The van der Waals surface area contributed by atoms with Gasteiger partial charge in [0.15, 0.2) is 0 Å².